The fourth-order valence-electron chi connectivity index (χ4n) is 1.81. The number of nitro groups is 1. The van der Waals surface area contributed by atoms with Gasteiger partial charge in [-0.05, 0) is 39.4 Å². The molecular weight excluding hydrogens is 276 g/mol. The van der Waals surface area contributed by atoms with Crippen LogP contribution in [0.2, 0.25) is 0 Å². The van der Waals surface area contributed by atoms with E-state index in [1.165, 1.54) is 6.07 Å². The summed E-state index contributed by atoms with van der Waals surface area (Å²) in [5, 5.41) is 13.7. The second kappa shape index (κ2) is 7.58. The number of benzene rings is 1. The van der Waals surface area contributed by atoms with Crippen LogP contribution in [0.1, 0.15) is 18.1 Å². The Balaban J connectivity index is 2.81. The van der Waals surface area contributed by atoms with E-state index in [1.807, 2.05) is 0 Å². The summed E-state index contributed by atoms with van der Waals surface area (Å²) in [7, 11) is 1.64. The largest absolute Gasteiger partial charge is 0.491 e. The van der Waals surface area contributed by atoms with Crippen LogP contribution >= 0.6 is 0 Å². The maximum atomic E-state index is 11.6. The van der Waals surface area contributed by atoms with Gasteiger partial charge in [-0.3, -0.25) is 14.9 Å². The van der Waals surface area contributed by atoms with Gasteiger partial charge in [0.25, 0.3) is 5.69 Å². The molecule has 1 aromatic rings. The first-order valence-electron chi connectivity index (χ1n) is 6.63. The van der Waals surface area contributed by atoms with E-state index in [4.69, 9.17) is 9.47 Å². The lowest BCUT2D eigenvalue weighted by Crippen LogP contribution is -2.40. The van der Waals surface area contributed by atoms with Crippen molar-refractivity contribution in [1.82, 2.24) is 5.32 Å². The molecule has 0 bridgehead atoms. The molecule has 0 heterocycles. The minimum atomic E-state index is -0.583. The molecule has 0 saturated heterocycles. The van der Waals surface area contributed by atoms with Gasteiger partial charge in [-0.15, -0.1) is 0 Å². The van der Waals surface area contributed by atoms with E-state index < -0.39 is 16.9 Å². The topological polar surface area (TPSA) is 90.7 Å². The second-order valence-electron chi connectivity index (χ2n) is 4.57. The van der Waals surface area contributed by atoms with Crippen LogP contribution in [0.4, 0.5) is 5.69 Å². The monoisotopic (exact) mass is 296 g/mol. The Morgan fingerprint density at radius 2 is 2.05 bits per heavy atom. The molecule has 1 rings (SSSR count). The number of nitrogens with zero attached hydrogens (tertiary/aromatic N) is 1. The molecule has 0 radical (unpaired) electrons. The first-order valence-corrected chi connectivity index (χ1v) is 6.63. The quantitative estimate of drug-likeness (QED) is 0.468. The summed E-state index contributed by atoms with van der Waals surface area (Å²) in [5.74, 6) is 0.124. The van der Waals surface area contributed by atoms with Crippen LogP contribution in [-0.4, -0.2) is 37.2 Å². The number of ether oxygens (including phenoxy) is 2. The summed E-state index contributed by atoms with van der Waals surface area (Å²) >= 11 is 0. The molecule has 0 saturated carbocycles. The third kappa shape index (κ3) is 4.42. The number of carbonyl (C=O) groups is 1. The molecule has 0 fully saturated rings. The third-order valence-electron chi connectivity index (χ3n) is 3.02. The zero-order chi connectivity index (χ0) is 16.0. The standard InChI is InChI=1S/C14H20N2O5/c1-5-20-14(17)11(15-4)8-21-13-7-9(2)12(16(18)19)6-10(13)3/h6-7,11,15H,5,8H2,1-4H3. The summed E-state index contributed by atoms with van der Waals surface area (Å²) < 4.78 is 10.5. The van der Waals surface area contributed by atoms with Crippen LogP contribution in [0.3, 0.4) is 0 Å². The van der Waals surface area contributed by atoms with Crippen LogP contribution in [0.5, 0.6) is 5.75 Å². The number of nitro benzene ring substituents is 1. The van der Waals surface area contributed by atoms with Crippen molar-refractivity contribution in [3.8, 4) is 5.75 Å². The molecule has 0 aliphatic heterocycles. The molecule has 0 spiro atoms. The lowest BCUT2D eigenvalue weighted by molar-refractivity contribution is -0.385. The van der Waals surface area contributed by atoms with Gasteiger partial charge >= 0.3 is 5.97 Å². The summed E-state index contributed by atoms with van der Waals surface area (Å²) in [5.41, 5.74) is 1.21. The van der Waals surface area contributed by atoms with Gasteiger partial charge in [-0.25, -0.2) is 0 Å². The number of esters is 1. The molecule has 21 heavy (non-hydrogen) atoms. The summed E-state index contributed by atoms with van der Waals surface area (Å²) in [6.45, 7) is 5.49. The van der Waals surface area contributed by atoms with Gasteiger partial charge < -0.3 is 14.8 Å². The lowest BCUT2D eigenvalue weighted by atomic mass is 10.1. The normalized spacial score (nSPS) is 11.8. The van der Waals surface area contributed by atoms with Crippen molar-refractivity contribution in [2.24, 2.45) is 0 Å². The third-order valence-corrected chi connectivity index (χ3v) is 3.02. The van der Waals surface area contributed by atoms with Gasteiger partial charge in [0, 0.05) is 11.6 Å². The molecule has 1 unspecified atom stereocenters. The van der Waals surface area contributed by atoms with Gasteiger partial charge in [0.1, 0.15) is 18.4 Å². The minimum Gasteiger partial charge on any atom is -0.491 e. The summed E-state index contributed by atoms with van der Waals surface area (Å²) in [4.78, 5) is 22.1. The Bertz CT molecular complexity index is 530. The zero-order valence-electron chi connectivity index (χ0n) is 12.6. The highest BCUT2D eigenvalue weighted by Crippen LogP contribution is 2.27. The van der Waals surface area contributed by atoms with Gasteiger partial charge in [-0.2, -0.15) is 0 Å². The molecule has 0 aliphatic rings. The van der Waals surface area contributed by atoms with E-state index in [9.17, 15) is 14.9 Å². The average Bonchev–Trinajstić information content (AvgIpc) is 2.42. The minimum absolute atomic E-state index is 0.0513. The predicted molar refractivity (Wildman–Crippen MR) is 77.5 cm³/mol. The maximum Gasteiger partial charge on any atom is 0.326 e. The van der Waals surface area contributed by atoms with Crippen molar-refractivity contribution in [3.63, 3.8) is 0 Å². The average molecular weight is 296 g/mol. The van der Waals surface area contributed by atoms with Crippen molar-refractivity contribution in [3.05, 3.63) is 33.4 Å². The van der Waals surface area contributed by atoms with E-state index >= 15 is 0 Å². The Kier molecular flexibility index (Phi) is 6.10. The van der Waals surface area contributed by atoms with E-state index in [0.717, 1.165) is 0 Å². The Hall–Kier alpha value is -2.15. The van der Waals surface area contributed by atoms with Gasteiger partial charge in [-0.1, -0.05) is 0 Å². The molecule has 1 N–H and O–H groups in total. The number of hydrogen-bond acceptors (Lipinski definition) is 6. The lowest BCUT2D eigenvalue weighted by Gasteiger charge is -2.17. The van der Waals surface area contributed by atoms with E-state index in [-0.39, 0.29) is 12.3 Å². The predicted octanol–water partition coefficient (Wildman–Crippen LogP) is 1.74. The van der Waals surface area contributed by atoms with E-state index in [0.29, 0.717) is 23.5 Å². The zero-order valence-corrected chi connectivity index (χ0v) is 12.6. The van der Waals surface area contributed by atoms with Crippen molar-refractivity contribution < 1.29 is 19.2 Å². The van der Waals surface area contributed by atoms with Gasteiger partial charge in [0.15, 0.2) is 0 Å². The molecule has 7 heteroatoms. The summed E-state index contributed by atoms with van der Waals surface area (Å²) in [6.07, 6.45) is 0. The molecule has 7 nitrogen and oxygen atoms in total. The van der Waals surface area contributed by atoms with Crippen LogP contribution < -0.4 is 10.1 Å². The molecule has 0 aromatic heterocycles. The van der Waals surface area contributed by atoms with Crippen LogP contribution in [0.15, 0.2) is 12.1 Å². The molecular formula is C14H20N2O5. The number of hydrogen-bond donors (Lipinski definition) is 1. The highest BCUT2D eigenvalue weighted by molar-refractivity contribution is 5.75. The summed E-state index contributed by atoms with van der Waals surface area (Å²) in [6, 6.07) is 2.48. The van der Waals surface area contributed by atoms with Crippen molar-refractivity contribution >= 4 is 11.7 Å². The fourth-order valence-corrected chi connectivity index (χ4v) is 1.81. The van der Waals surface area contributed by atoms with Crippen molar-refractivity contribution in [1.29, 1.82) is 0 Å². The first kappa shape index (κ1) is 16.9. The number of aryl methyl sites for hydroxylation is 2. The van der Waals surface area contributed by atoms with Crippen LogP contribution in [0.25, 0.3) is 0 Å². The molecule has 1 atom stereocenters. The second-order valence-corrected chi connectivity index (χ2v) is 4.57. The number of nitrogens with one attached hydrogen (secondary N) is 1. The highest BCUT2D eigenvalue weighted by atomic mass is 16.6. The smallest absolute Gasteiger partial charge is 0.326 e. The Labute approximate surface area is 123 Å². The highest BCUT2D eigenvalue weighted by Gasteiger charge is 2.20. The Morgan fingerprint density at radius 3 is 2.57 bits per heavy atom. The SMILES string of the molecule is CCOC(=O)C(COc1cc(C)c([N+](=O)[O-])cc1C)NC. The Morgan fingerprint density at radius 1 is 1.38 bits per heavy atom. The van der Waals surface area contributed by atoms with Crippen LogP contribution in [-0.2, 0) is 9.53 Å². The van der Waals surface area contributed by atoms with Crippen molar-refractivity contribution in [2.45, 2.75) is 26.8 Å². The first-order chi connectivity index (χ1) is 9.90. The number of carbonyl (C=O) groups excluding carboxylic acids is 1. The maximum absolute atomic E-state index is 11.6. The van der Waals surface area contributed by atoms with Crippen molar-refractivity contribution in [2.75, 3.05) is 20.3 Å². The van der Waals surface area contributed by atoms with Gasteiger partial charge in [0.2, 0.25) is 0 Å². The molecule has 1 aromatic carbocycles. The van der Waals surface area contributed by atoms with E-state index in [2.05, 4.69) is 5.32 Å². The molecule has 0 amide bonds. The fraction of sp³-hybridized carbons (Fsp3) is 0.500. The van der Waals surface area contributed by atoms with Crippen LogP contribution in [0, 0.1) is 24.0 Å². The number of rotatable bonds is 7. The molecule has 116 valence electrons. The van der Waals surface area contributed by atoms with Gasteiger partial charge in [0.05, 0.1) is 11.5 Å². The molecule has 0 aliphatic carbocycles. The number of likely N-dealkylation sites (N-methyl/N-ethyl adjacent to an activating group) is 1. The van der Waals surface area contributed by atoms with E-state index in [1.54, 1.807) is 33.9 Å².